The highest BCUT2D eigenvalue weighted by molar-refractivity contribution is 5.49. The van der Waals surface area contributed by atoms with E-state index in [0.717, 1.165) is 23.5 Å². The topological polar surface area (TPSA) is 49.8 Å². The lowest BCUT2D eigenvalue weighted by molar-refractivity contribution is -0.137. The van der Waals surface area contributed by atoms with Gasteiger partial charge >= 0.3 is 6.18 Å². The van der Waals surface area contributed by atoms with Crippen molar-refractivity contribution in [1.82, 2.24) is 9.97 Å². The van der Waals surface area contributed by atoms with Crippen LogP contribution in [-0.4, -0.2) is 17.0 Å². The molecule has 0 radical (unpaired) electrons. The monoisotopic (exact) mass is 296 g/mol. The van der Waals surface area contributed by atoms with Crippen molar-refractivity contribution in [2.45, 2.75) is 19.6 Å². The molecule has 2 aromatic heterocycles. The van der Waals surface area contributed by atoms with E-state index in [0.29, 0.717) is 6.54 Å². The molecular weight excluding hydrogens is 281 g/mol. The smallest absolute Gasteiger partial charge is 0.373 e. The Morgan fingerprint density at radius 1 is 1.10 bits per heavy atom. The van der Waals surface area contributed by atoms with Crippen LogP contribution in [0.2, 0.25) is 0 Å². The second-order valence-electron chi connectivity index (χ2n) is 4.50. The van der Waals surface area contributed by atoms with Crippen LogP contribution in [0.25, 0.3) is 0 Å². The van der Waals surface area contributed by atoms with Crippen molar-refractivity contribution in [1.29, 1.82) is 0 Å². The third-order valence-corrected chi connectivity index (χ3v) is 2.81. The van der Waals surface area contributed by atoms with Crippen LogP contribution in [0.15, 0.2) is 30.3 Å². The number of aromatic nitrogens is 2. The van der Waals surface area contributed by atoms with Crippen LogP contribution in [0.4, 0.5) is 24.8 Å². The molecule has 0 aliphatic heterocycles. The summed E-state index contributed by atoms with van der Waals surface area (Å²) >= 11 is 0. The fourth-order valence-corrected chi connectivity index (χ4v) is 1.79. The summed E-state index contributed by atoms with van der Waals surface area (Å²) in [5.41, 5.74) is 0.837. The molecule has 0 unspecified atom stereocenters. The standard InChI is InChI=1S/C14H15F3N4/c1-9-4-3-5-11(20-9)8-19-13-7-10(14(15,16)17)6-12(18-2)21-13/h3-7H,8H2,1-2H3,(H2,18,19,21). The second-order valence-corrected chi connectivity index (χ2v) is 4.50. The molecule has 4 nitrogen and oxygen atoms in total. The van der Waals surface area contributed by atoms with Gasteiger partial charge in [-0.05, 0) is 31.2 Å². The van der Waals surface area contributed by atoms with Gasteiger partial charge in [0.1, 0.15) is 11.6 Å². The van der Waals surface area contributed by atoms with E-state index in [1.165, 1.54) is 7.05 Å². The van der Waals surface area contributed by atoms with Crippen molar-refractivity contribution in [2.24, 2.45) is 0 Å². The molecule has 2 N–H and O–H groups in total. The molecule has 112 valence electrons. The zero-order chi connectivity index (χ0) is 15.5. The molecule has 0 saturated heterocycles. The van der Waals surface area contributed by atoms with Crippen LogP contribution < -0.4 is 10.6 Å². The number of alkyl halides is 3. The van der Waals surface area contributed by atoms with Crippen molar-refractivity contribution in [2.75, 3.05) is 17.7 Å². The summed E-state index contributed by atoms with van der Waals surface area (Å²) in [6.45, 7) is 2.16. The molecule has 0 fully saturated rings. The quantitative estimate of drug-likeness (QED) is 0.907. The lowest BCUT2D eigenvalue weighted by atomic mass is 10.2. The Hall–Kier alpha value is -2.31. The number of rotatable bonds is 4. The van der Waals surface area contributed by atoms with Gasteiger partial charge in [-0.3, -0.25) is 4.98 Å². The molecule has 0 spiro atoms. The zero-order valence-electron chi connectivity index (χ0n) is 11.6. The first kappa shape index (κ1) is 15.1. The molecule has 2 rings (SSSR count). The molecular formula is C14H15F3N4. The Morgan fingerprint density at radius 3 is 2.43 bits per heavy atom. The molecule has 0 atom stereocenters. The van der Waals surface area contributed by atoms with Gasteiger partial charge in [0.05, 0.1) is 17.8 Å². The molecule has 0 saturated carbocycles. The number of nitrogens with one attached hydrogen (secondary N) is 2. The van der Waals surface area contributed by atoms with Crippen LogP contribution in [0.1, 0.15) is 17.0 Å². The van der Waals surface area contributed by atoms with E-state index >= 15 is 0 Å². The maximum absolute atomic E-state index is 12.8. The Bertz CT molecular complexity index is 626. The fourth-order valence-electron chi connectivity index (χ4n) is 1.79. The second kappa shape index (κ2) is 5.99. The van der Waals surface area contributed by atoms with Crippen molar-refractivity contribution < 1.29 is 13.2 Å². The number of hydrogen-bond donors (Lipinski definition) is 2. The van der Waals surface area contributed by atoms with E-state index in [2.05, 4.69) is 20.6 Å². The molecule has 0 amide bonds. The minimum absolute atomic E-state index is 0.150. The highest BCUT2D eigenvalue weighted by atomic mass is 19.4. The maximum atomic E-state index is 12.8. The lowest BCUT2D eigenvalue weighted by Gasteiger charge is -2.12. The molecule has 0 aromatic carbocycles. The average Bonchev–Trinajstić information content (AvgIpc) is 2.44. The molecule has 2 heterocycles. The van der Waals surface area contributed by atoms with E-state index in [-0.39, 0.29) is 11.6 Å². The summed E-state index contributed by atoms with van der Waals surface area (Å²) in [6.07, 6.45) is -4.41. The Kier molecular flexibility index (Phi) is 4.30. The van der Waals surface area contributed by atoms with Gasteiger partial charge in [0.2, 0.25) is 0 Å². The summed E-state index contributed by atoms with van der Waals surface area (Å²) in [5.74, 6) is 0.307. The number of nitrogens with zero attached hydrogens (tertiary/aromatic N) is 2. The van der Waals surface area contributed by atoms with Crippen LogP contribution in [0.3, 0.4) is 0 Å². The fraction of sp³-hybridized carbons (Fsp3) is 0.286. The minimum atomic E-state index is -4.41. The van der Waals surface area contributed by atoms with Gasteiger partial charge in [-0.15, -0.1) is 0 Å². The summed E-state index contributed by atoms with van der Waals surface area (Å²) < 4.78 is 38.4. The first-order valence-electron chi connectivity index (χ1n) is 6.32. The van der Waals surface area contributed by atoms with Gasteiger partial charge in [0.25, 0.3) is 0 Å². The van der Waals surface area contributed by atoms with Crippen LogP contribution in [0, 0.1) is 6.92 Å². The largest absolute Gasteiger partial charge is 0.416 e. The number of halogens is 3. The lowest BCUT2D eigenvalue weighted by Crippen LogP contribution is -2.10. The third kappa shape index (κ3) is 4.08. The van der Waals surface area contributed by atoms with E-state index in [1.54, 1.807) is 6.07 Å². The molecule has 0 aliphatic rings. The number of hydrogen-bond acceptors (Lipinski definition) is 4. The van der Waals surface area contributed by atoms with Crippen molar-refractivity contribution >= 4 is 11.6 Å². The number of anilines is 2. The summed E-state index contributed by atoms with van der Waals surface area (Å²) in [4.78, 5) is 8.33. The molecule has 21 heavy (non-hydrogen) atoms. The van der Waals surface area contributed by atoms with Gasteiger partial charge < -0.3 is 10.6 Å². The normalized spacial score (nSPS) is 11.3. The van der Waals surface area contributed by atoms with Gasteiger partial charge in [-0.2, -0.15) is 13.2 Å². The maximum Gasteiger partial charge on any atom is 0.416 e. The van der Waals surface area contributed by atoms with E-state index in [4.69, 9.17) is 0 Å². The van der Waals surface area contributed by atoms with Crippen LogP contribution >= 0.6 is 0 Å². The molecule has 0 aliphatic carbocycles. The summed E-state index contributed by atoms with van der Waals surface area (Å²) in [5, 5.41) is 5.48. The predicted molar refractivity (Wildman–Crippen MR) is 75.1 cm³/mol. The van der Waals surface area contributed by atoms with Crippen LogP contribution in [-0.2, 0) is 12.7 Å². The SMILES string of the molecule is CNc1cc(C(F)(F)F)cc(NCc2cccc(C)n2)n1. The van der Waals surface area contributed by atoms with Crippen molar-refractivity contribution in [3.8, 4) is 0 Å². The van der Waals surface area contributed by atoms with Gasteiger partial charge in [-0.25, -0.2) is 4.98 Å². The Morgan fingerprint density at radius 2 is 1.81 bits per heavy atom. The van der Waals surface area contributed by atoms with E-state index in [9.17, 15) is 13.2 Å². The molecule has 7 heteroatoms. The highest BCUT2D eigenvalue weighted by Gasteiger charge is 2.31. The Balaban J connectivity index is 2.19. The highest BCUT2D eigenvalue weighted by Crippen LogP contribution is 2.32. The van der Waals surface area contributed by atoms with Crippen LogP contribution in [0.5, 0.6) is 0 Å². The predicted octanol–water partition coefficient (Wildman–Crippen LogP) is 3.46. The number of aryl methyl sites for hydroxylation is 1. The van der Waals surface area contributed by atoms with Crippen molar-refractivity contribution in [3.05, 3.63) is 47.3 Å². The van der Waals surface area contributed by atoms with Gasteiger partial charge in [0.15, 0.2) is 0 Å². The number of pyridine rings is 2. The van der Waals surface area contributed by atoms with Crippen molar-refractivity contribution in [3.63, 3.8) is 0 Å². The molecule has 0 bridgehead atoms. The summed E-state index contributed by atoms with van der Waals surface area (Å²) in [7, 11) is 1.52. The first-order valence-corrected chi connectivity index (χ1v) is 6.32. The third-order valence-electron chi connectivity index (χ3n) is 2.81. The zero-order valence-corrected chi connectivity index (χ0v) is 11.6. The first-order chi connectivity index (χ1) is 9.88. The minimum Gasteiger partial charge on any atom is -0.373 e. The van der Waals surface area contributed by atoms with Gasteiger partial charge in [-0.1, -0.05) is 6.07 Å². The molecule has 2 aromatic rings. The average molecular weight is 296 g/mol. The summed E-state index contributed by atoms with van der Waals surface area (Å²) in [6, 6.07) is 7.45. The Labute approximate surface area is 120 Å². The van der Waals surface area contributed by atoms with Gasteiger partial charge in [0, 0.05) is 12.7 Å². The van der Waals surface area contributed by atoms with E-state index < -0.39 is 11.7 Å². The van der Waals surface area contributed by atoms with E-state index in [1.807, 2.05) is 19.1 Å².